The van der Waals surface area contributed by atoms with Gasteiger partial charge in [-0.15, -0.1) is 0 Å². The van der Waals surface area contributed by atoms with Crippen LogP contribution in [0.15, 0.2) is 0 Å². The molecule has 0 radical (unpaired) electrons. The monoisotopic (exact) mass is 184 g/mol. The average Bonchev–Trinajstić information content (AvgIpc) is 1.83. The average molecular weight is 184 g/mol. The van der Waals surface area contributed by atoms with Crippen molar-refractivity contribution in [3.05, 3.63) is 0 Å². The van der Waals surface area contributed by atoms with E-state index in [4.69, 9.17) is 5.73 Å². The van der Waals surface area contributed by atoms with Gasteiger partial charge in [-0.1, -0.05) is 6.92 Å². The molecule has 2 nitrogen and oxygen atoms in total. The van der Waals surface area contributed by atoms with Crippen LogP contribution in [0.2, 0.25) is 0 Å². The first-order valence-electron chi connectivity index (χ1n) is 3.83. The summed E-state index contributed by atoms with van der Waals surface area (Å²) in [6, 6.07) is -2.43. The van der Waals surface area contributed by atoms with E-state index in [0.29, 0.717) is 6.54 Å². The highest BCUT2D eigenvalue weighted by molar-refractivity contribution is 4.83. The lowest BCUT2D eigenvalue weighted by Crippen LogP contribution is -2.53. The summed E-state index contributed by atoms with van der Waals surface area (Å²) in [4.78, 5) is 1.20. The number of rotatable bonds is 3. The van der Waals surface area contributed by atoms with Crippen LogP contribution < -0.4 is 5.73 Å². The first-order chi connectivity index (χ1) is 5.30. The van der Waals surface area contributed by atoms with Crippen molar-refractivity contribution in [1.82, 2.24) is 4.90 Å². The second-order valence-corrected chi connectivity index (χ2v) is 2.92. The van der Waals surface area contributed by atoms with E-state index in [0.717, 1.165) is 0 Å². The van der Waals surface area contributed by atoms with Crippen molar-refractivity contribution in [2.75, 3.05) is 13.6 Å². The normalized spacial score (nSPS) is 18.0. The van der Waals surface area contributed by atoms with E-state index in [1.54, 1.807) is 6.92 Å². The molecule has 0 saturated heterocycles. The van der Waals surface area contributed by atoms with Gasteiger partial charge in [0.15, 0.2) is 0 Å². The van der Waals surface area contributed by atoms with Gasteiger partial charge in [-0.25, -0.2) is 0 Å². The van der Waals surface area contributed by atoms with E-state index in [-0.39, 0.29) is 0 Å². The van der Waals surface area contributed by atoms with Gasteiger partial charge in [-0.3, -0.25) is 4.90 Å². The molecule has 0 rings (SSSR count). The fourth-order valence-electron chi connectivity index (χ4n) is 1.15. The summed E-state index contributed by atoms with van der Waals surface area (Å²) in [5, 5.41) is 0. The third-order valence-corrected chi connectivity index (χ3v) is 1.81. The quantitative estimate of drug-likeness (QED) is 0.714. The zero-order valence-electron chi connectivity index (χ0n) is 7.52. The molecule has 0 bridgehead atoms. The Morgan fingerprint density at radius 1 is 1.42 bits per heavy atom. The van der Waals surface area contributed by atoms with Crippen molar-refractivity contribution in [2.45, 2.75) is 32.1 Å². The summed E-state index contributed by atoms with van der Waals surface area (Å²) >= 11 is 0. The Morgan fingerprint density at radius 2 is 1.83 bits per heavy atom. The zero-order valence-corrected chi connectivity index (χ0v) is 7.52. The third kappa shape index (κ3) is 2.98. The molecule has 0 amide bonds. The maximum atomic E-state index is 12.3. The van der Waals surface area contributed by atoms with Crippen molar-refractivity contribution >= 4 is 0 Å². The van der Waals surface area contributed by atoms with E-state index < -0.39 is 18.3 Å². The molecule has 0 aliphatic heterocycles. The summed E-state index contributed by atoms with van der Waals surface area (Å²) in [5.41, 5.74) is 5.24. The van der Waals surface area contributed by atoms with E-state index >= 15 is 0 Å². The van der Waals surface area contributed by atoms with Gasteiger partial charge in [0, 0.05) is 6.04 Å². The summed E-state index contributed by atoms with van der Waals surface area (Å²) in [6.45, 7) is 3.37. The molecule has 2 atom stereocenters. The maximum Gasteiger partial charge on any atom is 0.405 e. The highest BCUT2D eigenvalue weighted by Crippen LogP contribution is 2.25. The number of nitrogens with two attached hydrogens (primary N) is 1. The van der Waals surface area contributed by atoms with Crippen LogP contribution in [0.4, 0.5) is 13.2 Å². The number of halogens is 3. The van der Waals surface area contributed by atoms with Crippen molar-refractivity contribution in [2.24, 2.45) is 5.73 Å². The van der Waals surface area contributed by atoms with Crippen LogP contribution in [0, 0.1) is 0 Å². The topological polar surface area (TPSA) is 29.3 Å². The van der Waals surface area contributed by atoms with Gasteiger partial charge < -0.3 is 5.73 Å². The number of hydrogen-bond donors (Lipinski definition) is 1. The molecule has 0 aromatic heterocycles. The Kier molecular flexibility index (Phi) is 3.99. The Hall–Kier alpha value is -0.290. The predicted octanol–water partition coefficient (Wildman–Crippen LogP) is 1.22. The van der Waals surface area contributed by atoms with Crippen molar-refractivity contribution in [3.63, 3.8) is 0 Å². The van der Waals surface area contributed by atoms with Gasteiger partial charge in [-0.05, 0) is 20.5 Å². The van der Waals surface area contributed by atoms with Crippen LogP contribution in [0.5, 0.6) is 0 Å². The van der Waals surface area contributed by atoms with E-state index in [2.05, 4.69) is 0 Å². The molecule has 0 spiro atoms. The van der Waals surface area contributed by atoms with Gasteiger partial charge in [0.1, 0.15) is 6.04 Å². The van der Waals surface area contributed by atoms with E-state index in [1.165, 1.54) is 18.9 Å². The first kappa shape index (κ1) is 11.7. The molecule has 5 heteroatoms. The third-order valence-electron chi connectivity index (χ3n) is 1.81. The number of nitrogens with zero attached hydrogens (tertiary/aromatic N) is 1. The van der Waals surface area contributed by atoms with Gasteiger partial charge in [0.25, 0.3) is 0 Å². The molecule has 74 valence electrons. The fraction of sp³-hybridized carbons (Fsp3) is 1.00. The van der Waals surface area contributed by atoms with Crippen LogP contribution in [-0.2, 0) is 0 Å². The van der Waals surface area contributed by atoms with Crippen LogP contribution >= 0.6 is 0 Å². The van der Waals surface area contributed by atoms with Gasteiger partial charge in [-0.2, -0.15) is 13.2 Å². The Labute approximate surface area is 70.5 Å². The Morgan fingerprint density at radius 3 is 1.92 bits per heavy atom. The Bertz CT molecular complexity index is 133. The second-order valence-electron chi connectivity index (χ2n) is 2.92. The lowest BCUT2D eigenvalue weighted by Gasteiger charge is -2.31. The fourth-order valence-corrected chi connectivity index (χ4v) is 1.15. The molecular weight excluding hydrogens is 169 g/mol. The number of hydrogen-bond acceptors (Lipinski definition) is 2. The minimum absolute atomic E-state index is 0.339. The predicted molar refractivity (Wildman–Crippen MR) is 41.8 cm³/mol. The van der Waals surface area contributed by atoms with Gasteiger partial charge >= 0.3 is 6.18 Å². The van der Waals surface area contributed by atoms with E-state index in [9.17, 15) is 13.2 Å². The van der Waals surface area contributed by atoms with Gasteiger partial charge in [0.2, 0.25) is 0 Å². The standard InChI is InChI=1S/C7H15F3N2/c1-4-12(3)6(5(2)11)7(8,9)10/h5-6H,4,11H2,1-3H3. The van der Waals surface area contributed by atoms with Crippen LogP contribution in [0.3, 0.4) is 0 Å². The molecule has 0 aromatic carbocycles. The summed E-state index contributed by atoms with van der Waals surface area (Å²) < 4.78 is 36.9. The minimum Gasteiger partial charge on any atom is -0.326 e. The van der Waals surface area contributed by atoms with Crippen LogP contribution in [-0.4, -0.2) is 36.8 Å². The summed E-state index contributed by atoms with van der Waals surface area (Å²) in [7, 11) is 1.42. The smallest absolute Gasteiger partial charge is 0.326 e. The molecule has 0 fully saturated rings. The molecule has 2 unspecified atom stereocenters. The van der Waals surface area contributed by atoms with Crippen molar-refractivity contribution in [1.29, 1.82) is 0 Å². The molecule has 0 aliphatic rings. The van der Waals surface area contributed by atoms with E-state index in [1.807, 2.05) is 0 Å². The lowest BCUT2D eigenvalue weighted by atomic mass is 10.1. The maximum absolute atomic E-state index is 12.3. The SMILES string of the molecule is CCN(C)C(C(C)N)C(F)(F)F. The summed E-state index contributed by atoms with van der Waals surface area (Å²) in [5.74, 6) is 0. The van der Waals surface area contributed by atoms with Crippen LogP contribution in [0.25, 0.3) is 0 Å². The van der Waals surface area contributed by atoms with Crippen LogP contribution in [0.1, 0.15) is 13.8 Å². The summed E-state index contributed by atoms with van der Waals surface area (Å²) in [6.07, 6.45) is -4.24. The molecule has 0 aromatic rings. The minimum atomic E-state index is -4.24. The second kappa shape index (κ2) is 4.09. The largest absolute Gasteiger partial charge is 0.405 e. The molecule has 0 saturated carbocycles. The molecule has 2 N–H and O–H groups in total. The Balaban J connectivity index is 4.44. The zero-order chi connectivity index (χ0) is 9.94. The molecule has 12 heavy (non-hydrogen) atoms. The highest BCUT2D eigenvalue weighted by Gasteiger charge is 2.43. The molecular formula is C7H15F3N2. The molecule has 0 aliphatic carbocycles. The van der Waals surface area contributed by atoms with Gasteiger partial charge in [0.05, 0.1) is 0 Å². The van der Waals surface area contributed by atoms with Crippen molar-refractivity contribution < 1.29 is 13.2 Å². The number of alkyl halides is 3. The highest BCUT2D eigenvalue weighted by atomic mass is 19.4. The number of likely N-dealkylation sites (N-methyl/N-ethyl adjacent to an activating group) is 1. The first-order valence-corrected chi connectivity index (χ1v) is 3.83. The van der Waals surface area contributed by atoms with Crippen molar-refractivity contribution in [3.8, 4) is 0 Å². The molecule has 0 heterocycles. The lowest BCUT2D eigenvalue weighted by molar-refractivity contribution is -0.184.